The molecule has 34 heavy (non-hydrogen) atoms. The van der Waals surface area contributed by atoms with Gasteiger partial charge in [0.25, 0.3) is 0 Å². The molecule has 5 heteroatoms. The predicted octanol–water partition coefficient (Wildman–Crippen LogP) is 8.07. The molecule has 1 aliphatic heterocycles. The molecule has 2 atom stereocenters. The number of halogens is 3. The van der Waals surface area contributed by atoms with E-state index in [1.54, 1.807) is 24.3 Å². The van der Waals surface area contributed by atoms with Crippen LogP contribution in [0.15, 0.2) is 66.7 Å². The summed E-state index contributed by atoms with van der Waals surface area (Å²) in [4.78, 5) is 0. The number of rotatable bonds is 7. The van der Waals surface area contributed by atoms with Gasteiger partial charge in [-0.1, -0.05) is 55.5 Å². The molecule has 0 bridgehead atoms. The highest BCUT2D eigenvalue weighted by Crippen LogP contribution is 2.34. The van der Waals surface area contributed by atoms with E-state index in [4.69, 9.17) is 9.47 Å². The number of hydrogen-bond acceptors (Lipinski definition) is 2. The Balaban J connectivity index is 1.50. The number of ether oxygens (including phenoxy) is 2. The van der Waals surface area contributed by atoms with Crippen molar-refractivity contribution in [2.24, 2.45) is 0 Å². The third-order valence-electron chi connectivity index (χ3n) is 6.20. The zero-order valence-electron chi connectivity index (χ0n) is 19.5. The maximum absolute atomic E-state index is 15.0. The van der Waals surface area contributed by atoms with E-state index in [0.29, 0.717) is 30.8 Å². The van der Waals surface area contributed by atoms with Crippen LogP contribution in [-0.4, -0.2) is 19.3 Å². The molecule has 1 saturated heterocycles. The van der Waals surface area contributed by atoms with Crippen molar-refractivity contribution in [2.45, 2.75) is 45.1 Å². The smallest absolute Gasteiger partial charge is 0.201 e. The quantitative estimate of drug-likeness (QED) is 0.328. The van der Waals surface area contributed by atoms with E-state index in [2.05, 4.69) is 0 Å². The van der Waals surface area contributed by atoms with E-state index >= 15 is 0 Å². The van der Waals surface area contributed by atoms with Gasteiger partial charge in [0.05, 0.1) is 19.3 Å². The van der Waals surface area contributed by atoms with Crippen molar-refractivity contribution in [3.8, 4) is 28.0 Å². The Morgan fingerprint density at radius 3 is 2.29 bits per heavy atom. The molecule has 1 fully saturated rings. The molecule has 1 heterocycles. The number of allylic oxidation sites excluding steroid dienone is 1. The summed E-state index contributed by atoms with van der Waals surface area (Å²) in [6.45, 7) is 4.69. The fourth-order valence-corrected chi connectivity index (χ4v) is 4.34. The summed E-state index contributed by atoms with van der Waals surface area (Å²) in [5.74, 6) is -2.23. The van der Waals surface area contributed by atoms with Crippen LogP contribution in [0.3, 0.4) is 0 Å². The molecule has 3 aromatic rings. The minimum absolute atomic E-state index is 0.0417. The zero-order chi connectivity index (χ0) is 24.1. The molecule has 2 nitrogen and oxygen atoms in total. The Labute approximate surface area is 199 Å². The SMILES string of the molecule is CC=CC1CCC(c2ccc(-c3ccc(-c4ccc(OCCC)c(F)c4F)cc3)cc2F)CO1. The fourth-order valence-electron chi connectivity index (χ4n) is 4.34. The molecule has 178 valence electrons. The second-order valence-corrected chi connectivity index (χ2v) is 8.57. The normalized spacial score (nSPS) is 18.4. The Morgan fingerprint density at radius 2 is 1.65 bits per heavy atom. The lowest BCUT2D eigenvalue weighted by Gasteiger charge is -2.28. The van der Waals surface area contributed by atoms with Crippen molar-refractivity contribution in [1.82, 2.24) is 0 Å². The Hall–Kier alpha value is -3.05. The van der Waals surface area contributed by atoms with E-state index in [9.17, 15) is 13.2 Å². The molecule has 1 aliphatic rings. The summed E-state index contributed by atoms with van der Waals surface area (Å²) < 4.78 is 55.0. The van der Waals surface area contributed by atoms with Crippen LogP contribution in [0.2, 0.25) is 0 Å². The minimum Gasteiger partial charge on any atom is -0.490 e. The maximum atomic E-state index is 15.0. The first-order valence-corrected chi connectivity index (χ1v) is 11.8. The summed E-state index contributed by atoms with van der Waals surface area (Å²) in [7, 11) is 0. The molecular formula is C29H29F3O2. The highest BCUT2D eigenvalue weighted by atomic mass is 19.2. The fraction of sp³-hybridized carbons (Fsp3) is 0.310. The molecule has 0 aromatic heterocycles. The Bertz CT molecular complexity index is 1150. The summed E-state index contributed by atoms with van der Waals surface area (Å²) in [5, 5.41) is 0. The van der Waals surface area contributed by atoms with Crippen molar-refractivity contribution in [1.29, 1.82) is 0 Å². The Morgan fingerprint density at radius 1 is 0.912 bits per heavy atom. The summed E-state index contributed by atoms with van der Waals surface area (Å²) in [6, 6.07) is 15.2. The lowest BCUT2D eigenvalue weighted by Crippen LogP contribution is -2.23. The number of benzene rings is 3. The van der Waals surface area contributed by atoms with Crippen molar-refractivity contribution in [2.75, 3.05) is 13.2 Å². The van der Waals surface area contributed by atoms with Crippen LogP contribution in [0.25, 0.3) is 22.3 Å². The van der Waals surface area contributed by atoms with E-state index in [0.717, 1.165) is 24.0 Å². The van der Waals surface area contributed by atoms with Gasteiger partial charge in [-0.15, -0.1) is 0 Å². The second-order valence-electron chi connectivity index (χ2n) is 8.57. The Kier molecular flexibility index (Phi) is 7.73. The molecule has 3 aromatic carbocycles. The van der Waals surface area contributed by atoms with Crippen LogP contribution in [0.4, 0.5) is 13.2 Å². The average Bonchev–Trinajstić information content (AvgIpc) is 2.86. The average molecular weight is 467 g/mol. The first kappa shape index (κ1) is 24.1. The first-order valence-electron chi connectivity index (χ1n) is 11.8. The van der Waals surface area contributed by atoms with Crippen LogP contribution in [0.5, 0.6) is 5.75 Å². The standard InChI is InChI=1S/C29H29F3O2/c1-3-5-23-12-10-22(18-34-23)24-13-11-21(17-26(24)30)19-6-8-20(9-7-19)25-14-15-27(33-16-4-2)29(32)28(25)31/h3,5-9,11,13-15,17,22-23H,4,10,12,16,18H2,1-2H3. The molecule has 0 aliphatic carbocycles. The monoisotopic (exact) mass is 466 g/mol. The van der Waals surface area contributed by atoms with Gasteiger partial charge in [0, 0.05) is 11.5 Å². The molecule has 4 rings (SSSR count). The molecule has 0 amide bonds. The van der Waals surface area contributed by atoms with Gasteiger partial charge in [-0.3, -0.25) is 0 Å². The van der Waals surface area contributed by atoms with E-state index in [1.165, 1.54) is 18.2 Å². The lowest BCUT2D eigenvalue weighted by atomic mass is 9.89. The zero-order valence-corrected chi connectivity index (χ0v) is 19.5. The summed E-state index contributed by atoms with van der Waals surface area (Å²) >= 11 is 0. The highest BCUT2D eigenvalue weighted by molar-refractivity contribution is 5.71. The van der Waals surface area contributed by atoms with Gasteiger partial charge in [-0.2, -0.15) is 4.39 Å². The van der Waals surface area contributed by atoms with Gasteiger partial charge >= 0.3 is 0 Å². The minimum atomic E-state index is -0.989. The van der Waals surface area contributed by atoms with Gasteiger partial charge in [0.1, 0.15) is 5.82 Å². The van der Waals surface area contributed by atoms with E-state index in [1.807, 2.05) is 38.1 Å². The van der Waals surface area contributed by atoms with Crippen LogP contribution in [0, 0.1) is 17.5 Å². The molecular weight excluding hydrogens is 437 g/mol. The molecule has 2 unspecified atom stereocenters. The van der Waals surface area contributed by atoms with Crippen molar-refractivity contribution in [3.63, 3.8) is 0 Å². The predicted molar refractivity (Wildman–Crippen MR) is 130 cm³/mol. The first-order chi connectivity index (χ1) is 16.5. The second kappa shape index (κ2) is 10.9. The highest BCUT2D eigenvalue weighted by Gasteiger charge is 2.24. The van der Waals surface area contributed by atoms with Crippen LogP contribution in [0.1, 0.15) is 44.6 Å². The largest absolute Gasteiger partial charge is 0.490 e. The third-order valence-corrected chi connectivity index (χ3v) is 6.20. The van der Waals surface area contributed by atoms with E-state index < -0.39 is 11.6 Å². The summed E-state index contributed by atoms with van der Waals surface area (Å²) in [5.41, 5.74) is 2.89. The van der Waals surface area contributed by atoms with Crippen LogP contribution < -0.4 is 4.74 Å². The number of hydrogen-bond donors (Lipinski definition) is 0. The maximum Gasteiger partial charge on any atom is 0.201 e. The van der Waals surface area contributed by atoms with E-state index in [-0.39, 0.29) is 29.2 Å². The summed E-state index contributed by atoms with van der Waals surface area (Å²) in [6.07, 6.45) is 6.59. The van der Waals surface area contributed by atoms with Gasteiger partial charge in [-0.05, 0) is 66.6 Å². The van der Waals surface area contributed by atoms with Crippen LogP contribution in [-0.2, 0) is 4.74 Å². The van der Waals surface area contributed by atoms with Gasteiger partial charge in [0.15, 0.2) is 11.6 Å². The molecule has 0 saturated carbocycles. The van der Waals surface area contributed by atoms with Gasteiger partial charge in [0.2, 0.25) is 5.82 Å². The van der Waals surface area contributed by atoms with Crippen LogP contribution >= 0.6 is 0 Å². The lowest BCUT2D eigenvalue weighted by molar-refractivity contribution is 0.0319. The molecule has 0 N–H and O–H groups in total. The van der Waals surface area contributed by atoms with Crippen molar-refractivity contribution >= 4 is 0 Å². The molecule has 0 spiro atoms. The van der Waals surface area contributed by atoms with Gasteiger partial charge < -0.3 is 9.47 Å². The van der Waals surface area contributed by atoms with Crippen molar-refractivity contribution < 1.29 is 22.6 Å². The topological polar surface area (TPSA) is 18.5 Å². The third kappa shape index (κ3) is 5.20. The molecule has 0 radical (unpaired) electrons. The van der Waals surface area contributed by atoms with Gasteiger partial charge in [-0.25, -0.2) is 8.78 Å². The van der Waals surface area contributed by atoms with Crippen molar-refractivity contribution in [3.05, 3.63) is 89.8 Å².